The number of H-pyrrole nitrogens is 1. The van der Waals surface area contributed by atoms with Gasteiger partial charge in [-0.1, -0.05) is 23.2 Å². The first-order chi connectivity index (χ1) is 8.16. The summed E-state index contributed by atoms with van der Waals surface area (Å²) in [5, 5.41) is 9.61. The standard InChI is InChI=1S/C10H8Cl2N4O/c11-8-5-13-9(12)1-7(8)10(17)14-2-6-3-15-16-4-6/h1,3-5H,2H2,(H,14,17)(H,15,16). The van der Waals surface area contributed by atoms with E-state index in [0.717, 1.165) is 5.56 Å². The molecule has 0 spiro atoms. The lowest BCUT2D eigenvalue weighted by Crippen LogP contribution is -2.23. The van der Waals surface area contributed by atoms with E-state index in [-0.39, 0.29) is 16.1 Å². The van der Waals surface area contributed by atoms with E-state index in [1.54, 1.807) is 12.4 Å². The van der Waals surface area contributed by atoms with E-state index in [2.05, 4.69) is 20.5 Å². The summed E-state index contributed by atoms with van der Waals surface area (Å²) in [7, 11) is 0. The van der Waals surface area contributed by atoms with Gasteiger partial charge in [-0.25, -0.2) is 4.98 Å². The van der Waals surface area contributed by atoms with Gasteiger partial charge in [0.25, 0.3) is 5.91 Å². The van der Waals surface area contributed by atoms with E-state index < -0.39 is 0 Å². The third-order valence-electron chi connectivity index (χ3n) is 2.07. The summed E-state index contributed by atoms with van der Waals surface area (Å²) in [6.45, 7) is 0.367. The van der Waals surface area contributed by atoms with Crippen molar-refractivity contribution in [2.24, 2.45) is 0 Å². The summed E-state index contributed by atoms with van der Waals surface area (Å²) >= 11 is 11.5. The fourth-order valence-electron chi connectivity index (χ4n) is 1.24. The van der Waals surface area contributed by atoms with E-state index in [9.17, 15) is 4.79 Å². The quantitative estimate of drug-likeness (QED) is 0.839. The van der Waals surface area contributed by atoms with Gasteiger partial charge in [0.15, 0.2) is 0 Å². The van der Waals surface area contributed by atoms with Crippen molar-refractivity contribution in [2.75, 3.05) is 0 Å². The number of rotatable bonds is 3. The van der Waals surface area contributed by atoms with Crippen molar-refractivity contribution in [3.05, 3.63) is 46.0 Å². The maximum Gasteiger partial charge on any atom is 0.253 e. The second-order valence-electron chi connectivity index (χ2n) is 3.28. The minimum absolute atomic E-state index is 0.225. The fourth-order valence-corrected chi connectivity index (χ4v) is 1.59. The SMILES string of the molecule is O=C(NCc1cn[nH]c1)c1cc(Cl)ncc1Cl. The molecule has 0 bridgehead atoms. The molecule has 0 unspecified atom stereocenters. The van der Waals surface area contributed by atoms with Gasteiger partial charge in [0, 0.05) is 24.5 Å². The first-order valence-corrected chi connectivity index (χ1v) is 5.49. The monoisotopic (exact) mass is 270 g/mol. The second kappa shape index (κ2) is 5.16. The summed E-state index contributed by atoms with van der Waals surface area (Å²) in [4.78, 5) is 15.6. The number of nitrogens with zero attached hydrogens (tertiary/aromatic N) is 2. The van der Waals surface area contributed by atoms with Crippen LogP contribution >= 0.6 is 23.2 Å². The van der Waals surface area contributed by atoms with Crippen molar-refractivity contribution in [2.45, 2.75) is 6.54 Å². The van der Waals surface area contributed by atoms with Gasteiger partial charge in [0.1, 0.15) is 5.15 Å². The smallest absolute Gasteiger partial charge is 0.253 e. The molecule has 5 nitrogen and oxygen atoms in total. The number of aromatic nitrogens is 3. The number of carbonyl (C=O) groups is 1. The fraction of sp³-hybridized carbons (Fsp3) is 0.100. The first-order valence-electron chi connectivity index (χ1n) is 4.73. The van der Waals surface area contributed by atoms with Crippen molar-refractivity contribution in [1.29, 1.82) is 0 Å². The third-order valence-corrected chi connectivity index (χ3v) is 2.58. The molecule has 88 valence electrons. The molecule has 0 aliphatic heterocycles. The molecule has 1 amide bonds. The Labute approximate surface area is 107 Å². The Hall–Kier alpha value is -1.59. The van der Waals surface area contributed by atoms with Gasteiger partial charge in [-0.15, -0.1) is 0 Å². The summed E-state index contributed by atoms with van der Waals surface area (Å²) in [5.41, 5.74) is 1.17. The molecule has 2 heterocycles. The molecule has 0 aliphatic rings. The van der Waals surface area contributed by atoms with Crippen LogP contribution in [0.2, 0.25) is 10.2 Å². The average Bonchev–Trinajstić information content (AvgIpc) is 2.82. The highest BCUT2D eigenvalue weighted by Gasteiger charge is 2.11. The van der Waals surface area contributed by atoms with E-state index in [0.29, 0.717) is 12.1 Å². The Morgan fingerprint density at radius 1 is 1.41 bits per heavy atom. The zero-order valence-corrected chi connectivity index (χ0v) is 10.1. The van der Waals surface area contributed by atoms with Gasteiger partial charge < -0.3 is 5.32 Å². The molecular formula is C10H8Cl2N4O. The molecule has 0 radical (unpaired) electrons. The number of halogens is 2. The molecule has 0 atom stereocenters. The maximum atomic E-state index is 11.8. The van der Waals surface area contributed by atoms with Crippen molar-refractivity contribution in [1.82, 2.24) is 20.5 Å². The van der Waals surface area contributed by atoms with Crippen molar-refractivity contribution in [3.63, 3.8) is 0 Å². The average molecular weight is 271 g/mol. The molecule has 0 saturated carbocycles. The topological polar surface area (TPSA) is 70.7 Å². The van der Waals surface area contributed by atoms with Crippen LogP contribution in [0.15, 0.2) is 24.7 Å². The molecule has 0 saturated heterocycles. The largest absolute Gasteiger partial charge is 0.348 e. The summed E-state index contributed by atoms with van der Waals surface area (Å²) in [6.07, 6.45) is 4.67. The van der Waals surface area contributed by atoms with Gasteiger partial charge in [-0.2, -0.15) is 5.10 Å². The Kier molecular flexibility index (Phi) is 3.61. The van der Waals surface area contributed by atoms with Crippen LogP contribution in [0, 0.1) is 0 Å². The van der Waals surface area contributed by atoms with Gasteiger partial charge in [0.05, 0.1) is 16.8 Å². The first kappa shape index (κ1) is 11.9. The maximum absolute atomic E-state index is 11.8. The molecule has 0 fully saturated rings. The van der Waals surface area contributed by atoms with Gasteiger partial charge in [-0.3, -0.25) is 9.89 Å². The molecule has 2 aromatic heterocycles. The highest BCUT2D eigenvalue weighted by Crippen LogP contribution is 2.17. The van der Waals surface area contributed by atoms with Crippen molar-refractivity contribution >= 4 is 29.1 Å². The van der Waals surface area contributed by atoms with Crippen LogP contribution in [0.3, 0.4) is 0 Å². The lowest BCUT2D eigenvalue weighted by molar-refractivity contribution is 0.0951. The lowest BCUT2D eigenvalue weighted by Gasteiger charge is -2.05. The van der Waals surface area contributed by atoms with Crippen molar-refractivity contribution in [3.8, 4) is 0 Å². The predicted octanol–water partition coefficient (Wildman–Crippen LogP) is 2.04. The van der Waals surface area contributed by atoms with Gasteiger partial charge in [-0.05, 0) is 6.07 Å². The number of pyridine rings is 1. The van der Waals surface area contributed by atoms with E-state index in [1.165, 1.54) is 12.3 Å². The number of hydrogen-bond donors (Lipinski definition) is 2. The van der Waals surface area contributed by atoms with E-state index in [4.69, 9.17) is 23.2 Å². The summed E-state index contributed by atoms with van der Waals surface area (Å²) < 4.78 is 0. The molecule has 2 aromatic rings. The molecule has 0 aliphatic carbocycles. The lowest BCUT2D eigenvalue weighted by atomic mass is 10.2. The number of nitrogens with one attached hydrogen (secondary N) is 2. The van der Waals surface area contributed by atoms with Crippen LogP contribution in [-0.4, -0.2) is 21.1 Å². The Morgan fingerprint density at radius 3 is 2.94 bits per heavy atom. The molecule has 2 rings (SSSR count). The minimum Gasteiger partial charge on any atom is -0.348 e. The highest BCUT2D eigenvalue weighted by atomic mass is 35.5. The van der Waals surface area contributed by atoms with Crippen LogP contribution in [0.1, 0.15) is 15.9 Å². The van der Waals surface area contributed by atoms with Crippen LogP contribution in [-0.2, 0) is 6.54 Å². The molecule has 0 aromatic carbocycles. The number of amides is 1. The summed E-state index contributed by atoms with van der Waals surface area (Å²) in [6, 6.07) is 1.43. The van der Waals surface area contributed by atoms with Gasteiger partial charge >= 0.3 is 0 Å². The molecule has 2 N–H and O–H groups in total. The molecule has 17 heavy (non-hydrogen) atoms. The Balaban J connectivity index is 2.07. The number of carbonyl (C=O) groups excluding carboxylic acids is 1. The van der Waals surface area contributed by atoms with Crippen molar-refractivity contribution < 1.29 is 4.79 Å². The van der Waals surface area contributed by atoms with Crippen LogP contribution in [0.25, 0.3) is 0 Å². The predicted molar refractivity (Wildman–Crippen MR) is 64.0 cm³/mol. The molecular weight excluding hydrogens is 263 g/mol. The zero-order valence-electron chi connectivity index (χ0n) is 8.58. The second-order valence-corrected chi connectivity index (χ2v) is 4.07. The Bertz CT molecular complexity index is 527. The van der Waals surface area contributed by atoms with Gasteiger partial charge in [0.2, 0.25) is 0 Å². The van der Waals surface area contributed by atoms with Crippen LogP contribution < -0.4 is 5.32 Å². The van der Waals surface area contributed by atoms with Crippen LogP contribution in [0.4, 0.5) is 0 Å². The number of aromatic amines is 1. The summed E-state index contributed by atoms with van der Waals surface area (Å²) in [5.74, 6) is -0.305. The third kappa shape index (κ3) is 2.95. The van der Waals surface area contributed by atoms with E-state index >= 15 is 0 Å². The zero-order chi connectivity index (χ0) is 12.3. The van der Waals surface area contributed by atoms with Crippen LogP contribution in [0.5, 0.6) is 0 Å². The normalized spacial score (nSPS) is 10.2. The Morgan fingerprint density at radius 2 is 2.24 bits per heavy atom. The minimum atomic E-state index is -0.305. The van der Waals surface area contributed by atoms with E-state index in [1.807, 2.05) is 0 Å². The number of hydrogen-bond acceptors (Lipinski definition) is 3. The highest BCUT2D eigenvalue weighted by molar-refractivity contribution is 6.35. The molecule has 7 heteroatoms.